The van der Waals surface area contributed by atoms with Gasteiger partial charge >= 0.3 is 6.16 Å². The molecule has 2 saturated heterocycles. The van der Waals surface area contributed by atoms with E-state index in [0.717, 1.165) is 24.8 Å². The zero-order chi connectivity index (χ0) is 16.6. The number of hydrogen-bond acceptors (Lipinski definition) is 4. The number of hydrogen-bond donors (Lipinski definition) is 1. The summed E-state index contributed by atoms with van der Waals surface area (Å²) < 4.78 is 0. The zero-order valence-corrected chi connectivity index (χ0v) is 14.2. The average molecular weight is 357 g/mol. The van der Waals surface area contributed by atoms with Crippen molar-refractivity contribution in [3.8, 4) is 0 Å². The number of benzene rings is 1. The van der Waals surface area contributed by atoms with Crippen LogP contribution in [0.4, 0.5) is 4.79 Å². The van der Waals surface area contributed by atoms with Gasteiger partial charge in [0.05, 0.1) is 10.0 Å². The molecule has 2 aliphatic heterocycles. The molecule has 0 amide bonds. The van der Waals surface area contributed by atoms with Gasteiger partial charge in [0.1, 0.15) is 0 Å². The van der Waals surface area contributed by atoms with Gasteiger partial charge in [-0.1, -0.05) is 34.4 Å². The number of nitrogens with zero attached hydrogens (tertiary/aromatic N) is 2. The molecule has 0 radical (unpaired) electrons. The molecule has 2 fully saturated rings. The molecule has 5 nitrogen and oxygen atoms in total. The number of fused-ring (bicyclic) bond motifs is 2. The summed E-state index contributed by atoms with van der Waals surface area (Å²) in [6.07, 6.45) is 3.42. The normalized spacial score (nSPS) is 30.7. The molecule has 23 heavy (non-hydrogen) atoms. The van der Waals surface area contributed by atoms with E-state index in [1.54, 1.807) is 12.3 Å². The lowest BCUT2D eigenvalue weighted by atomic mass is 9.77. The lowest BCUT2D eigenvalue weighted by Crippen LogP contribution is -2.46. The fourth-order valence-electron chi connectivity index (χ4n) is 3.96. The van der Waals surface area contributed by atoms with Crippen molar-refractivity contribution in [2.75, 3.05) is 7.05 Å². The van der Waals surface area contributed by atoms with Crippen molar-refractivity contribution in [3.05, 3.63) is 33.8 Å². The molecule has 1 N–H and O–H groups in total. The summed E-state index contributed by atoms with van der Waals surface area (Å²) in [5.74, 6) is 0.301. The van der Waals surface area contributed by atoms with Crippen molar-refractivity contribution in [2.45, 2.75) is 37.3 Å². The topological polar surface area (TPSA) is 62.1 Å². The molecular formula is C16H18Cl2N2O3. The van der Waals surface area contributed by atoms with Crippen LogP contribution in [0.25, 0.3) is 0 Å². The van der Waals surface area contributed by atoms with Crippen LogP contribution < -0.4 is 0 Å². The van der Waals surface area contributed by atoms with Crippen LogP contribution in [0, 0.1) is 5.92 Å². The highest BCUT2D eigenvalue weighted by Crippen LogP contribution is 2.46. The second kappa shape index (κ2) is 6.67. The van der Waals surface area contributed by atoms with E-state index in [9.17, 15) is 4.79 Å². The number of rotatable bonds is 3. The van der Waals surface area contributed by atoms with Crippen LogP contribution in [0.2, 0.25) is 10.0 Å². The monoisotopic (exact) mass is 356 g/mol. The SMILES string of the molecule is CN1C2CC[C@@H]1[C@H](C=NOC(=O)O)[C@@H](c1ccc(Cl)c(Cl)c1)C2. The maximum Gasteiger partial charge on any atom is 0.532 e. The van der Waals surface area contributed by atoms with Crippen LogP contribution in [0.3, 0.4) is 0 Å². The number of halogens is 2. The average Bonchev–Trinajstić information content (AvgIpc) is 2.74. The fourth-order valence-corrected chi connectivity index (χ4v) is 4.26. The summed E-state index contributed by atoms with van der Waals surface area (Å²) in [5, 5.41) is 13.3. The Bertz CT molecular complexity index is 638. The zero-order valence-electron chi connectivity index (χ0n) is 12.7. The van der Waals surface area contributed by atoms with Gasteiger partial charge in [0.15, 0.2) is 0 Å². The van der Waals surface area contributed by atoms with Crippen molar-refractivity contribution >= 4 is 35.6 Å². The Balaban J connectivity index is 1.90. The third-order valence-corrected chi connectivity index (χ3v) is 5.80. The lowest BCUT2D eigenvalue weighted by molar-refractivity contribution is 0.0923. The maximum absolute atomic E-state index is 10.5. The second-order valence-electron chi connectivity index (χ2n) is 6.17. The minimum atomic E-state index is -1.40. The third kappa shape index (κ3) is 3.32. The standard InChI is InChI=1S/C16H18Cl2N2O3/c1-20-10-3-5-15(20)12(8-19-23-16(21)22)11(7-10)9-2-4-13(17)14(18)6-9/h2,4,6,8,10-12,15H,3,5,7H2,1H3,(H,21,22)/t10?,11-,12-,15-/m1/s1. The van der Waals surface area contributed by atoms with Crippen LogP contribution in [0.15, 0.2) is 23.4 Å². The molecular weight excluding hydrogens is 339 g/mol. The minimum Gasteiger partial charge on any atom is -0.448 e. The number of piperidine rings is 1. The van der Waals surface area contributed by atoms with Gasteiger partial charge in [-0.3, -0.25) is 9.74 Å². The molecule has 2 bridgehead atoms. The number of oxime groups is 1. The first-order valence-corrected chi connectivity index (χ1v) is 8.33. The molecule has 1 unspecified atom stereocenters. The second-order valence-corrected chi connectivity index (χ2v) is 6.98. The predicted molar refractivity (Wildman–Crippen MR) is 89.5 cm³/mol. The van der Waals surface area contributed by atoms with Gasteiger partial charge in [-0.25, -0.2) is 4.79 Å². The van der Waals surface area contributed by atoms with Crippen LogP contribution in [0.1, 0.15) is 30.7 Å². The van der Waals surface area contributed by atoms with Gasteiger partial charge < -0.3 is 5.11 Å². The molecule has 1 aromatic carbocycles. The van der Waals surface area contributed by atoms with Crippen LogP contribution in [-0.2, 0) is 4.84 Å². The molecule has 1 aromatic rings. The third-order valence-electron chi connectivity index (χ3n) is 5.07. The molecule has 0 spiro atoms. The van der Waals surface area contributed by atoms with Gasteiger partial charge in [-0.2, -0.15) is 0 Å². The van der Waals surface area contributed by atoms with E-state index in [4.69, 9.17) is 28.3 Å². The van der Waals surface area contributed by atoms with Gasteiger partial charge in [0, 0.05) is 24.2 Å². The van der Waals surface area contributed by atoms with Crippen molar-refractivity contribution in [1.29, 1.82) is 0 Å². The quantitative estimate of drug-likeness (QED) is 0.499. The van der Waals surface area contributed by atoms with E-state index in [-0.39, 0.29) is 11.8 Å². The summed E-state index contributed by atoms with van der Waals surface area (Å²) in [4.78, 5) is 17.2. The van der Waals surface area contributed by atoms with Crippen LogP contribution in [-0.4, -0.2) is 41.5 Å². The van der Waals surface area contributed by atoms with Crippen molar-refractivity contribution in [2.24, 2.45) is 11.1 Å². The summed E-state index contributed by atoms with van der Waals surface area (Å²) in [6.45, 7) is 0. The Labute approximate surface area is 144 Å². The van der Waals surface area contributed by atoms with E-state index in [1.807, 2.05) is 12.1 Å². The first kappa shape index (κ1) is 16.6. The maximum atomic E-state index is 10.5. The van der Waals surface area contributed by atoms with E-state index in [2.05, 4.69) is 21.9 Å². The highest BCUT2D eigenvalue weighted by molar-refractivity contribution is 6.42. The Morgan fingerprint density at radius 2 is 2.17 bits per heavy atom. The van der Waals surface area contributed by atoms with Crippen LogP contribution in [0.5, 0.6) is 0 Å². The molecule has 0 aliphatic carbocycles. The first-order valence-electron chi connectivity index (χ1n) is 7.57. The summed E-state index contributed by atoms with van der Waals surface area (Å²) in [5.41, 5.74) is 1.11. The highest BCUT2D eigenvalue weighted by Gasteiger charge is 2.45. The smallest absolute Gasteiger partial charge is 0.448 e. The highest BCUT2D eigenvalue weighted by atomic mass is 35.5. The molecule has 7 heteroatoms. The molecule has 2 heterocycles. The van der Waals surface area contributed by atoms with Crippen molar-refractivity contribution in [3.63, 3.8) is 0 Å². The fraction of sp³-hybridized carbons (Fsp3) is 0.500. The van der Waals surface area contributed by atoms with Gasteiger partial charge in [-0.05, 0) is 49.9 Å². The summed E-state index contributed by atoms with van der Waals surface area (Å²) in [7, 11) is 2.12. The molecule has 0 saturated carbocycles. The predicted octanol–water partition coefficient (Wildman–Crippen LogP) is 4.24. The lowest BCUT2D eigenvalue weighted by Gasteiger charge is -2.41. The van der Waals surface area contributed by atoms with Gasteiger partial charge in [0.25, 0.3) is 0 Å². The number of carbonyl (C=O) groups is 1. The van der Waals surface area contributed by atoms with Gasteiger partial charge in [-0.15, -0.1) is 0 Å². The van der Waals surface area contributed by atoms with Crippen molar-refractivity contribution < 1.29 is 14.7 Å². The Morgan fingerprint density at radius 3 is 2.87 bits per heavy atom. The van der Waals surface area contributed by atoms with Crippen LogP contribution >= 0.6 is 23.2 Å². The van der Waals surface area contributed by atoms with E-state index in [1.165, 1.54) is 0 Å². The Morgan fingerprint density at radius 1 is 1.39 bits per heavy atom. The molecule has 4 atom stereocenters. The number of carboxylic acid groups (broad SMARTS) is 1. The molecule has 0 aromatic heterocycles. The Hall–Kier alpha value is -1.30. The molecule has 2 aliphatic rings. The Kier molecular flexibility index (Phi) is 4.80. The summed E-state index contributed by atoms with van der Waals surface area (Å²) >= 11 is 12.2. The molecule has 124 valence electrons. The summed E-state index contributed by atoms with van der Waals surface area (Å²) in [6, 6.07) is 6.56. The van der Waals surface area contributed by atoms with E-state index < -0.39 is 6.16 Å². The van der Waals surface area contributed by atoms with E-state index >= 15 is 0 Å². The van der Waals surface area contributed by atoms with E-state index in [0.29, 0.717) is 22.1 Å². The van der Waals surface area contributed by atoms with Crippen molar-refractivity contribution in [1.82, 2.24) is 4.90 Å². The molecule has 3 rings (SSSR count). The first-order chi connectivity index (χ1) is 11.0. The minimum absolute atomic E-state index is 0.0790. The largest absolute Gasteiger partial charge is 0.532 e. The van der Waals surface area contributed by atoms with Gasteiger partial charge in [0.2, 0.25) is 0 Å².